The molecular formula is C23H29FN2O. The molecule has 0 saturated heterocycles. The van der Waals surface area contributed by atoms with Gasteiger partial charge in [-0.3, -0.25) is 9.78 Å². The van der Waals surface area contributed by atoms with Gasteiger partial charge in [-0.2, -0.15) is 0 Å². The molecule has 2 fully saturated rings. The maximum atomic E-state index is 13.7. The van der Waals surface area contributed by atoms with E-state index in [1.54, 1.807) is 12.1 Å². The van der Waals surface area contributed by atoms with E-state index in [4.69, 9.17) is 0 Å². The summed E-state index contributed by atoms with van der Waals surface area (Å²) in [4.78, 5) is 16.8. The fourth-order valence-corrected chi connectivity index (χ4v) is 4.97. The maximum absolute atomic E-state index is 13.7. The van der Waals surface area contributed by atoms with Crippen molar-refractivity contribution >= 4 is 16.8 Å². The van der Waals surface area contributed by atoms with Crippen molar-refractivity contribution in [2.45, 2.75) is 76.2 Å². The fraction of sp³-hybridized carbons (Fsp3) is 0.565. The SMILES string of the molecule is O=C(CC1CCC(c2ccnc3ccc(F)cc23)CC1)NC1CCCCC1. The van der Waals surface area contributed by atoms with Gasteiger partial charge in [0.2, 0.25) is 5.91 Å². The molecule has 2 saturated carbocycles. The molecule has 4 rings (SSSR count). The Bertz CT molecular complexity index is 792. The third-order valence-corrected chi connectivity index (χ3v) is 6.47. The van der Waals surface area contributed by atoms with Crippen LogP contribution in [0.25, 0.3) is 10.9 Å². The molecule has 1 aromatic heterocycles. The Morgan fingerprint density at radius 1 is 1.04 bits per heavy atom. The van der Waals surface area contributed by atoms with Crippen LogP contribution in [-0.4, -0.2) is 16.9 Å². The molecule has 4 heteroatoms. The first kappa shape index (κ1) is 18.4. The van der Waals surface area contributed by atoms with Crippen molar-refractivity contribution < 1.29 is 9.18 Å². The van der Waals surface area contributed by atoms with Crippen LogP contribution in [0, 0.1) is 11.7 Å². The number of nitrogens with one attached hydrogen (secondary N) is 1. The van der Waals surface area contributed by atoms with E-state index in [0.717, 1.165) is 49.4 Å². The summed E-state index contributed by atoms with van der Waals surface area (Å²) in [5.74, 6) is 0.955. The van der Waals surface area contributed by atoms with Gasteiger partial charge in [0.25, 0.3) is 0 Å². The molecule has 27 heavy (non-hydrogen) atoms. The Labute approximate surface area is 160 Å². The maximum Gasteiger partial charge on any atom is 0.220 e. The van der Waals surface area contributed by atoms with Gasteiger partial charge in [0.15, 0.2) is 0 Å². The van der Waals surface area contributed by atoms with Crippen molar-refractivity contribution in [2.24, 2.45) is 5.92 Å². The largest absolute Gasteiger partial charge is 0.353 e. The van der Waals surface area contributed by atoms with Crippen molar-refractivity contribution in [1.82, 2.24) is 10.3 Å². The second kappa shape index (κ2) is 8.37. The first-order valence-electron chi connectivity index (χ1n) is 10.5. The summed E-state index contributed by atoms with van der Waals surface area (Å²) >= 11 is 0. The van der Waals surface area contributed by atoms with Crippen LogP contribution in [-0.2, 0) is 4.79 Å². The number of fused-ring (bicyclic) bond motifs is 1. The van der Waals surface area contributed by atoms with Crippen molar-refractivity contribution in [2.75, 3.05) is 0 Å². The number of carbonyl (C=O) groups is 1. The van der Waals surface area contributed by atoms with Crippen LogP contribution in [0.4, 0.5) is 4.39 Å². The predicted molar refractivity (Wildman–Crippen MR) is 106 cm³/mol. The van der Waals surface area contributed by atoms with Crippen LogP contribution in [0.1, 0.15) is 75.7 Å². The van der Waals surface area contributed by atoms with Crippen molar-refractivity contribution in [3.63, 3.8) is 0 Å². The molecule has 1 heterocycles. The lowest BCUT2D eigenvalue weighted by Gasteiger charge is -2.30. The number of amides is 1. The summed E-state index contributed by atoms with van der Waals surface area (Å²) in [6.07, 6.45) is 12.9. The van der Waals surface area contributed by atoms with E-state index in [0.29, 0.717) is 24.3 Å². The van der Waals surface area contributed by atoms with Crippen LogP contribution in [0.15, 0.2) is 30.5 Å². The Morgan fingerprint density at radius 2 is 1.81 bits per heavy atom. The number of nitrogens with zero attached hydrogens (tertiary/aromatic N) is 1. The number of aromatic nitrogens is 1. The molecule has 0 bridgehead atoms. The minimum atomic E-state index is -0.204. The van der Waals surface area contributed by atoms with Crippen LogP contribution in [0.5, 0.6) is 0 Å². The minimum absolute atomic E-state index is 0.204. The number of hydrogen-bond acceptors (Lipinski definition) is 2. The van der Waals surface area contributed by atoms with Gasteiger partial charge >= 0.3 is 0 Å². The summed E-state index contributed by atoms with van der Waals surface area (Å²) in [5, 5.41) is 4.19. The highest BCUT2D eigenvalue weighted by atomic mass is 19.1. The van der Waals surface area contributed by atoms with Gasteiger partial charge < -0.3 is 5.32 Å². The number of rotatable bonds is 4. The molecule has 0 spiro atoms. The summed E-state index contributed by atoms with van der Waals surface area (Å²) in [5.41, 5.74) is 2.08. The van der Waals surface area contributed by atoms with E-state index >= 15 is 0 Å². The fourth-order valence-electron chi connectivity index (χ4n) is 4.97. The van der Waals surface area contributed by atoms with Gasteiger partial charge in [-0.1, -0.05) is 19.3 Å². The third kappa shape index (κ3) is 4.48. The number of halogens is 1. The Balaban J connectivity index is 1.34. The lowest BCUT2D eigenvalue weighted by Crippen LogP contribution is -2.37. The van der Waals surface area contributed by atoms with E-state index in [2.05, 4.69) is 10.3 Å². The number of benzene rings is 1. The molecule has 144 valence electrons. The van der Waals surface area contributed by atoms with Crippen molar-refractivity contribution in [3.8, 4) is 0 Å². The summed E-state index contributed by atoms with van der Waals surface area (Å²) < 4.78 is 13.7. The highest BCUT2D eigenvalue weighted by molar-refractivity contribution is 5.82. The highest BCUT2D eigenvalue weighted by Crippen LogP contribution is 2.39. The summed E-state index contributed by atoms with van der Waals surface area (Å²) in [6.45, 7) is 0. The minimum Gasteiger partial charge on any atom is -0.353 e. The van der Waals surface area contributed by atoms with Crippen LogP contribution in [0.3, 0.4) is 0 Å². The van der Waals surface area contributed by atoms with Gasteiger partial charge in [0, 0.05) is 24.0 Å². The molecule has 1 aromatic carbocycles. The van der Waals surface area contributed by atoms with E-state index in [1.807, 2.05) is 12.3 Å². The first-order valence-corrected chi connectivity index (χ1v) is 10.5. The second-order valence-corrected chi connectivity index (χ2v) is 8.39. The van der Waals surface area contributed by atoms with Gasteiger partial charge in [-0.05, 0) is 80.2 Å². The summed E-state index contributed by atoms with van der Waals surface area (Å²) in [7, 11) is 0. The first-order chi connectivity index (χ1) is 13.2. The summed E-state index contributed by atoms with van der Waals surface area (Å²) in [6, 6.07) is 7.29. The van der Waals surface area contributed by atoms with Gasteiger partial charge in [0.1, 0.15) is 5.82 Å². The molecule has 0 unspecified atom stereocenters. The molecular weight excluding hydrogens is 339 g/mol. The molecule has 1 amide bonds. The topological polar surface area (TPSA) is 42.0 Å². The van der Waals surface area contributed by atoms with Gasteiger partial charge in [-0.25, -0.2) is 4.39 Å². The normalized spacial score (nSPS) is 24.0. The van der Waals surface area contributed by atoms with Crippen molar-refractivity contribution in [3.05, 3.63) is 41.8 Å². The molecule has 0 aliphatic heterocycles. The quantitative estimate of drug-likeness (QED) is 0.776. The van der Waals surface area contributed by atoms with E-state index in [9.17, 15) is 9.18 Å². The zero-order valence-electron chi connectivity index (χ0n) is 15.9. The van der Waals surface area contributed by atoms with Gasteiger partial charge in [0.05, 0.1) is 5.52 Å². The smallest absolute Gasteiger partial charge is 0.220 e. The number of carbonyl (C=O) groups excluding carboxylic acids is 1. The molecule has 0 atom stereocenters. The molecule has 1 N–H and O–H groups in total. The van der Waals surface area contributed by atoms with E-state index < -0.39 is 0 Å². The number of hydrogen-bond donors (Lipinski definition) is 1. The van der Waals surface area contributed by atoms with E-state index in [1.165, 1.54) is 30.9 Å². The predicted octanol–water partition coefficient (Wildman–Crippen LogP) is 5.49. The highest BCUT2D eigenvalue weighted by Gasteiger charge is 2.26. The lowest BCUT2D eigenvalue weighted by atomic mass is 9.76. The lowest BCUT2D eigenvalue weighted by molar-refractivity contribution is -0.123. The molecule has 2 aliphatic rings. The Hall–Kier alpha value is -1.97. The standard InChI is InChI=1S/C23H29FN2O/c24-18-10-11-22-21(15-18)20(12-13-25-22)17-8-6-16(7-9-17)14-23(27)26-19-4-2-1-3-5-19/h10-13,15-17,19H,1-9,14H2,(H,26,27). The average Bonchev–Trinajstić information content (AvgIpc) is 2.69. The average molecular weight is 368 g/mol. The monoisotopic (exact) mass is 368 g/mol. The van der Waals surface area contributed by atoms with Crippen molar-refractivity contribution in [1.29, 1.82) is 0 Å². The van der Waals surface area contributed by atoms with Gasteiger partial charge in [-0.15, -0.1) is 0 Å². The third-order valence-electron chi connectivity index (χ3n) is 6.47. The van der Waals surface area contributed by atoms with E-state index in [-0.39, 0.29) is 11.7 Å². The zero-order valence-corrected chi connectivity index (χ0v) is 15.9. The molecule has 0 radical (unpaired) electrons. The second-order valence-electron chi connectivity index (χ2n) is 8.39. The Kier molecular flexibility index (Phi) is 5.70. The molecule has 2 aromatic rings. The number of pyridine rings is 1. The zero-order chi connectivity index (χ0) is 18.6. The van der Waals surface area contributed by atoms with Crippen LogP contribution < -0.4 is 5.32 Å². The van der Waals surface area contributed by atoms with Crippen LogP contribution in [0.2, 0.25) is 0 Å². The Morgan fingerprint density at radius 3 is 2.59 bits per heavy atom. The molecule has 2 aliphatic carbocycles. The van der Waals surface area contributed by atoms with Crippen LogP contribution >= 0.6 is 0 Å². The molecule has 3 nitrogen and oxygen atoms in total.